The normalized spacial score (nSPS) is 14.8. The first-order valence-electron chi connectivity index (χ1n) is 11.3. The SMILES string of the molecule is CCCCCCCCCNc1cc(N(C)C)ccc1/C=C1/C=CC(N(C)C)=CC1. The summed E-state index contributed by atoms with van der Waals surface area (Å²) in [4.78, 5) is 4.33. The first kappa shape index (κ1) is 23.1. The molecule has 29 heavy (non-hydrogen) atoms. The van der Waals surface area contributed by atoms with E-state index in [2.05, 4.69) is 92.7 Å². The largest absolute Gasteiger partial charge is 0.385 e. The predicted molar refractivity (Wildman–Crippen MR) is 131 cm³/mol. The lowest BCUT2D eigenvalue weighted by Gasteiger charge is -2.19. The Morgan fingerprint density at radius 3 is 2.24 bits per heavy atom. The summed E-state index contributed by atoms with van der Waals surface area (Å²) in [6, 6.07) is 6.73. The minimum absolute atomic E-state index is 0.983. The van der Waals surface area contributed by atoms with Crippen LogP contribution in [0.3, 0.4) is 0 Å². The molecule has 3 nitrogen and oxygen atoms in total. The Bertz CT molecular complexity index is 711. The van der Waals surface area contributed by atoms with Gasteiger partial charge in [0.25, 0.3) is 0 Å². The second kappa shape index (κ2) is 12.4. The molecular formula is C26H41N3. The number of rotatable bonds is 12. The van der Waals surface area contributed by atoms with Gasteiger partial charge in [0.15, 0.2) is 0 Å². The molecule has 0 bridgehead atoms. The van der Waals surface area contributed by atoms with Crippen molar-refractivity contribution in [2.24, 2.45) is 0 Å². The molecule has 3 heteroatoms. The molecule has 0 fully saturated rings. The highest BCUT2D eigenvalue weighted by Gasteiger charge is 2.07. The maximum Gasteiger partial charge on any atom is 0.0434 e. The Morgan fingerprint density at radius 1 is 0.897 bits per heavy atom. The van der Waals surface area contributed by atoms with E-state index in [0.29, 0.717) is 0 Å². The van der Waals surface area contributed by atoms with Gasteiger partial charge < -0.3 is 15.1 Å². The molecule has 0 amide bonds. The van der Waals surface area contributed by atoms with Crippen LogP contribution in [0.4, 0.5) is 11.4 Å². The fraction of sp³-hybridized carbons (Fsp3) is 0.538. The summed E-state index contributed by atoms with van der Waals surface area (Å²) in [6.07, 6.45) is 19.5. The second-order valence-electron chi connectivity index (χ2n) is 8.49. The Hall–Kier alpha value is -2.16. The number of hydrogen-bond acceptors (Lipinski definition) is 3. The van der Waals surface area contributed by atoms with Crippen LogP contribution in [0.15, 0.2) is 47.7 Å². The van der Waals surface area contributed by atoms with Crippen LogP contribution < -0.4 is 10.2 Å². The zero-order valence-corrected chi connectivity index (χ0v) is 19.3. The van der Waals surface area contributed by atoms with E-state index in [1.54, 1.807) is 0 Å². The quantitative estimate of drug-likeness (QED) is 0.397. The van der Waals surface area contributed by atoms with Crippen molar-refractivity contribution < 1.29 is 0 Å². The van der Waals surface area contributed by atoms with Gasteiger partial charge in [-0.3, -0.25) is 0 Å². The van der Waals surface area contributed by atoms with E-state index in [1.165, 1.54) is 73.2 Å². The van der Waals surface area contributed by atoms with Gasteiger partial charge in [0.1, 0.15) is 0 Å². The van der Waals surface area contributed by atoms with Gasteiger partial charge in [0.2, 0.25) is 0 Å². The number of unbranched alkanes of at least 4 members (excludes halogenated alkanes) is 6. The van der Waals surface area contributed by atoms with Crippen molar-refractivity contribution in [3.8, 4) is 0 Å². The fourth-order valence-electron chi connectivity index (χ4n) is 3.60. The van der Waals surface area contributed by atoms with E-state index in [4.69, 9.17) is 0 Å². The van der Waals surface area contributed by atoms with Gasteiger partial charge in [-0.1, -0.05) is 63.7 Å². The minimum Gasteiger partial charge on any atom is -0.385 e. The number of anilines is 2. The number of nitrogens with one attached hydrogen (secondary N) is 1. The van der Waals surface area contributed by atoms with E-state index < -0.39 is 0 Å². The van der Waals surface area contributed by atoms with Crippen LogP contribution in [0.1, 0.15) is 63.9 Å². The van der Waals surface area contributed by atoms with Crippen LogP contribution in [-0.2, 0) is 0 Å². The third-order valence-corrected chi connectivity index (χ3v) is 5.52. The third-order valence-electron chi connectivity index (χ3n) is 5.52. The zero-order chi connectivity index (χ0) is 21.1. The van der Waals surface area contributed by atoms with Gasteiger partial charge in [0, 0.05) is 51.8 Å². The number of benzene rings is 1. The Labute approximate surface area is 179 Å². The van der Waals surface area contributed by atoms with E-state index in [-0.39, 0.29) is 0 Å². The van der Waals surface area contributed by atoms with Crippen LogP contribution in [0.2, 0.25) is 0 Å². The Kier molecular flexibility index (Phi) is 9.90. The van der Waals surface area contributed by atoms with Crippen molar-refractivity contribution in [3.05, 3.63) is 53.3 Å². The Morgan fingerprint density at radius 2 is 1.62 bits per heavy atom. The lowest BCUT2D eigenvalue weighted by molar-refractivity contribution is 0.526. The number of hydrogen-bond donors (Lipinski definition) is 1. The second-order valence-corrected chi connectivity index (χ2v) is 8.49. The molecule has 1 aliphatic rings. The number of nitrogens with zero attached hydrogens (tertiary/aromatic N) is 2. The van der Waals surface area contributed by atoms with E-state index in [0.717, 1.165) is 13.0 Å². The highest BCUT2D eigenvalue weighted by Crippen LogP contribution is 2.27. The van der Waals surface area contributed by atoms with E-state index >= 15 is 0 Å². The van der Waals surface area contributed by atoms with E-state index in [9.17, 15) is 0 Å². The van der Waals surface area contributed by atoms with E-state index in [1.807, 2.05) is 0 Å². The molecule has 1 N–H and O–H groups in total. The highest BCUT2D eigenvalue weighted by molar-refractivity contribution is 5.74. The van der Waals surface area contributed by atoms with Crippen LogP contribution in [0, 0.1) is 0 Å². The molecule has 1 aromatic rings. The molecule has 2 rings (SSSR count). The van der Waals surface area contributed by atoms with Crippen molar-refractivity contribution in [2.45, 2.75) is 58.3 Å². The summed E-state index contributed by atoms with van der Waals surface area (Å²) >= 11 is 0. The van der Waals surface area contributed by atoms with Crippen molar-refractivity contribution >= 4 is 17.5 Å². The van der Waals surface area contributed by atoms with Crippen LogP contribution in [-0.4, -0.2) is 39.6 Å². The van der Waals surface area contributed by atoms with Gasteiger partial charge in [-0.05, 0) is 48.3 Å². The van der Waals surface area contributed by atoms with Crippen molar-refractivity contribution in [3.63, 3.8) is 0 Å². The maximum atomic E-state index is 3.71. The molecule has 0 aliphatic heterocycles. The standard InChI is InChI=1S/C26H41N3/c1-6-7-8-9-10-11-12-19-27-26-21-25(29(4)5)18-15-23(26)20-22-13-16-24(17-14-22)28(2)3/h13,15-18,20-21,27H,6-12,14,19H2,1-5H3/b22-20-. The maximum absolute atomic E-state index is 3.71. The minimum atomic E-state index is 0.983. The number of likely N-dealkylation sites (N-methyl/N-ethyl adjacent to an activating group) is 1. The van der Waals surface area contributed by atoms with Gasteiger partial charge in [-0.2, -0.15) is 0 Å². The van der Waals surface area contributed by atoms with Crippen LogP contribution in [0.25, 0.3) is 6.08 Å². The van der Waals surface area contributed by atoms with Crippen molar-refractivity contribution in [1.29, 1.82) is 0 Å². The molecule has 160 valence electrons. The fourth-order valence-corrected chi connectivity index (χ4v) is 3.60. The summed E-state index contributed by atoms with van der Waals surface area (Å²) in [6.45, 7) is 3.32. The molecule has 0 atom stereocenters. The van der Waals surface area contributed by atoms with Crippen LogP contribution >= 0.6 is 0 Å². The molecule has 0 saturated carbocycles. The van der Waals surface area contributed by atoms with Gasteiger partial charge >= 0.3 is 0 Å². The molecule has 0 radical (unpaired) electrons. The molecular weight excluding hydrogens is 354 g/mol. The topological polar surface area (TPSA) is 18.5 Å². The molecule has 0 unspecified atom stereocenters. The average Bonchev–Trinajstić information content (AvgIpc) is 2.71. The van der Waals surface area contributed by atoms with Gasteiger partial charge in [-0.25, -0.2) is 0 Å². The summed E-state index contributed by atoms with van der Waals surface area (Å²) < 4.78 is 0. The molecule has 0 saturated heterocycles. The summed E-state index contributed by atoms with van der Waals surface area (Å²) in [5, 5.41) is 3.71. The molecule has 1 aromatic carbocycles. The highest BCUT2D eigenvalue weighted by atomic mass is 15.1. The van der Waals surface area contributed by atoms with Crippen molar-refractivity contribution in [1.82, 2.24) is 4.90 Å². The molecule has 0 heterocycles. The predicted octanol–water partition coefficient (Wildman–Crippen LogP) is 6.70. The van der Waals surface area contributed by atoms with Crippen molar-refractivity contribution in [2.75, 3.05) is 45.0 Å². The monoisotopic (exact) mass is 395 g/mol. The molecule has 0 spiro atoms. The first-order chi connectivity index (χ1) is 14.0. The lowest BCUT2D eigenvalue weighted by atomic mass is 10.0. The Balaban J connectivity index is 1.98. The van der Waals surface area contributed by atoms with Gasteiger partial charge in [0.05, 0.1) is 0 Å². The summed E-state index contributed by atoms with van der Waals surface area (Å²) in [7, 11) is 8.39. The summed E-state index contributed by atoms with van der Waals surface area (Å²) in [5.74, 6) is 0. The zero-order valence-electron chi connectivity index (χ0n) is 19.3. The van der Waals surface area contributed by atoms with Gasteiger partial charge in [-0.15, -0.1) is 0 Å². The average molecular weight is 396 g/mol. The first-order valence-corrected chi connectivity index (χ1v) is 11.3. The lowest BCUT2D eigenvalue weighted by Crippen LogP contribution is -2.11. The smallest absolute Gasteiger partial charge is 0.0434 e. The third kappa shape index (κ3) is 8.00. The van der Waals surface area contributed by atoms with Crippen LogP contribution in [0.5, 0.6) is 0 Å². The molecule has 0 aromatic heterocycles. The summed E-state index contributed by atoms with van der Waals surface area (Å²) in [5.41, 5.74) is 6.39. The molecule has 1 aliphatic carbocycles. The number of allylic oxidation sites excluding steroid dienone is 4.